The molecule has 0 fully saturated rings. The number of hydrogen-bond donors (Lipinski definition) is 2. The highest BCUT2D eigenvalue weighted by molar-refractivity contribution is 7.13. The summed E-state index contributed by atoms with van der Waals surface area (Å²) in [6.45, 7) is 2.54. The van der Waals surface area contributed by atoms with Crippen LogP contribution in [0.5, 0.6) is 0 Å². The molecule has 0 aliphatic rings. The van der Waals surface area contributed by atoms with E-state index in [2.05, 4.69) is 15.6 Å². The first kappa shape index (κ1) is 11.6. The number of thiazole rings is 1. The molecule has 2 N–H and O–H groups in total. The van der Waals surface area contributed by atoms with E-state index in [-0.39, 0.29) is 6.03 Å². The van der Waals surface area contributed by atoms with E-state index >= 15 is 0 Å². The highest BCUT2D eigenvalue weighted by Gasteiger charge is 2.02. The second-order valence-corrected chi connectivity index (χ2v) is 4.53. The number of nitrogens with zero attached hydrogens (tertiary/aromatic N) is 1. The molecule has 1 heterocycles. The van der Waals surface area contributed by atoms with Gasteiger partial charge in [-0.15, -0.1) is 11.3 Å². The molecule has 0 spiro atoms. The first-order valence-corrected chi connectivity index (χ1v) is 6.12. The number of nitrogens with one attached hydrogen (secondary N) is 2. The van der Waals surface area contributed by atoms with Crippen molar-refractivity contribution in [2.45, 2.75) is 13.5 Å². The van der Waals surface area contributed by atoms with Crippen molar-refractivity contribution >= 4 is 22.5 Å². The van der Waals surface area contributed by atoms with Crippen LogP contribution in [0, 0.1) is 6.92 Å². The fourth-order valence-corrected chi connectivity index (χ4v) is 1.95. The summed E-state index contributed by atoms with van der Waals surface area (Å²) < 4.78 is 0. The van der Waals surface area contributed by atoms with Crippen molar-refractivity contribution in [3.8, 4) is 0 Å². The van der Waals surface area contributed by atoms with E-state index in [9.17, 15) is 4.79 Å². The van der Waals surface area contributed by atoms with Gasteiger partial charge in [0, 0.05) is 18.1 Å². The molecule has 5 heteroatoms. The Kier molecular flexibility index (Phi) is 3.72. The Morgan fingerprint density at radius 1 is 1.47 bits per heavy atom. The zero-order chi connectivity index (χ0) is 12.1. The van der Waals surface area contributed by atoms with Crippen LogP contribution in [0.2, 0.25) is 0 Å². The zero-order valence-corrected chi connectivity index (χ0v) is 10.3. The minimum absolute atomic E-state index is 0.235. The fraction of sp³-hybridized carbons (Fsp3) is 0.167. The summed E-state index contributed by atoms with van der Waals surface area (Å²) in [5, 5.41) is 7.86. The van der Waals surface area contributed by atoms with E-state index in [0.29, 0.717) is 11.7 Å². The maximum atomic E-state index is 11.5. The van der Waals surface area contributed by atoms with Gasteiger partial charge < -0.3 is 5.32 Å². The minimum atomic E-state index is -0.235. The Hall–Kier alpha value is -1.88. The lowest BCUT2D eigenvalue weighted by molar-refractivity contribution is 0.251. The predicted molar refractivity (Wildman–Crippen MR) is 69.2 cm³/mol. The van der Waals surface area contributed by atoms with Gasteiger partial charge in [-0.05, 0) is 12.5 Å². The van der Waals surface area contributed by atoms with Crippen molar-refractivity contribution < 1.29 is 4.79 Å². The van der Waals surface area contributed by atoms with Crippen molar-refractivity contribution in [3.63, 3.8) is 0 Å². The molecule has 2 amide bonds. The van der Waals surface area contributed by atoms with Crippen LogP contribution in [0.15, 0.2) is 35.8 Å². The van der Waals surface area contributed by atoms with Crippen LogP contribution in [0.4, 0.5) is 9.93 Å². The molecule has 0 unspecified atom stereocenters. The number of rotatable bonds is 3. The topological polar surface area (TPSA) is 54.0 Å². The number of carbonyl (C=O) groups excluding carboxylic acids is 1. The SMILES string of the molecule is Cc1cccc(CNC(=O)Nc2nccs2)c1. The maximum Gasteiger partial charge on any atom is 0.321 e. The van der Waals surface area contributed by atoms with Crippen LogP contribution in [0.25, 0.3) is 0 Å². The molecule has 0 atom stereocenters. The number of aryl methyl sites for hydroxylation is 1. The minimum Gasteiger partial charge on any atom is -0.334 e. The lowest BCUT2D eigenvalue weighted by atomic mass is 10.1. The summed E-state index contributed by atoms with van der Waals surface area (Å²) in [7, 11) is 0. The lowest BCUT2D eigenvalue weighted by Crippen LogP contribution is -2.28. The van der Waals surface area contributed by atoms with Gasteiger partial charge >= 0.3 is 6.03 Å². The molecule has 1 aromatic carbocycles. The van der Waals surface area contributed by atoms with Gasteiger partial charge in [0.2, 0.25) is 0 Å². The third kappa shape index (κ3) is 3.57. The van der Waals surface area contributed by atoms with Crippen LogP contribution >= 0.6 is 11.3 Å². The number of aromatic nitrogens is 1. The summed E-state index contributed by atoms with van der Waals surface area (Å²) in [5.41, 5.74) is 2.27. The summed E-state index contributed by atoms with van der Waals surface area (Å²) in [4.78, 5) is 15.5. The molecule has 0 bridgehead atoms. The molecule has 4 nitrogen and oxygen atoms in total. The van der Waals surface area contributed by atoms with Gasteiger partial charge in [-0.3, -0.25) is 5.32 Å². The van der Waals surface area contributed by atoms with Gasteiger partial charge in [0.1, 0.15) is 0 Å². The number of hydrogen-bond acceptors (Lipinski definition) is 3. The third-order valence-corrected chi connectivity index (χ3v) is 2.88. The number of urea groups is 1. The van der Waals surface area contributed by atoms with E-state index in [4.69, 9.17) is 0 Å². The van der Waals surface area contributed by atoms with Gasteiger partial charge in [-0.1, -0.05) is 29.8 Å². The number of anilines is 1. The first-order chi connectivity index (χ1) is 8.24. The molecule has 0 saturated heterocycles. The summed E-state index contributed by atoms with van der Waals surface area (Å²) in [6.07, 6.45) is 1.65. The molecular formula is C12H13N3OS. The van der Waals surface area contributed by atoms with Gasteiger partial charge in [0.15, 0.2) is 5.13 Å². The number of amides is 2. The van der Waals surface area contributed by atoms with Crippen LogP contribution in [-0.4, -0.2) is 11.0 Å². The molecule has 88 valence electrons. The van der Waals surface area contributed by atoms with Gasteiger partial charge in [-0.25, -0.2) is 9.78 Å². The standard InChI is InChI=1S/C12H13N3OS/c1-9-3-2-4-10(7-9)8-14-11(16)15-12-13-5-6-17-12/h2-7H,8H2,1H3,(H2,13,14,15,16). The largest absolute Gasteiger partial charge is 0.334 e. The number of benzene rings is 1. The fourth-order valence-electron chi connectivity index (χ4n) is 1.43. The summed E-state index contributed by atoms with van der Waals surface area (Å²) in [6, 6.07) is 7.80. The molecule has 17 heavy (non-hydrogen) atoms. The Balaban J connectivity index is 1.84. The average molecular weight is 247 g/mol. The molecule has 1 aromatic heterocycles. The van der Waals surface area contributed by atoms with E-state index in [1.54, 1.807) is 6.20 Å². The van der Waals surface area contributed by atoms with Crippen molar-refractivity contribution in [1.29, 1.82) is 0 Å². The average Bonchev–Trinajstić information content (AvgIpc) is 2.79. The first-order valence-electron chi connectivity index (χ1n) is 5.24. The lowest BCUT2D eigenvalue weighted by Gasteiger charge is -2.06. The summed E-state index contributed by atoms with van der Waals surface area (Å²) >= 11 is 1.39. The van der Waals surface area contributed by atoms with E-state index in [1.807, 2.05) is 36.6 Å². The van der Waals surface area contributed by atoms with E-state index in [1.165, 1.54) is 16.9 Å². The smallest absolute Gasteiger partial charge is 0.321 e. The van der Waals surface area contributed by atoms with Gasteiger partial charge in [-0.2, -0.15) is 0 Å². The molecular weight excluding hydrogens is 234 g/mol. The van der Waals surface area contributed by atoms with Crippen LogP contribution in [-0.2, 0) is 6.54 Å². The van der Waals surface area contributed by atoms with Crippen LogP contribution in [0.1, 0.15) is 11.1 Å². The Morgan fingerprint density at radius 3 is 3.06 bits per heavy atom. The molecule has 2 aromatic rings. The Morgan fingerprint density at radius 2 is 2.35 bits per heavy atom. The molecule has 0 saturated carbocycles. The van der Waals surface area contributed by atoms with E-state index < -0.39 is 0 Å². The predicted octanol–water partition coefficient (Wildman–Crippen LogP) is 2.77. The quantitative estimate of drug-likeness (QED) is 0.876. The second-order valence-electron chi connectivity index (χ2n) is 3.63. The van der Waals surface area contributed by atoms with Crippen molar-refractivity contribution in [1.82, 2.24) is 10.3 Å². The molecule has 0 aliphatic carbocycles. The van der Waals surface area contributed by atoms with Crippen LogP contribution in [0.3, 0.4) is 0 Å². The molecule has 2 rings (SSSR count). The molecule has 0 aliphatic heterocycles. The van der Waals surface area contributed by atoms with Gasteiger partial charge in [0.25, 0.3) is 0 Å². The third-order valence-electron chi connectivity index (χ3n) is 2.19. The zero-order valence-electron chi connectivity index (χ0n) is 9.43. The highest BCUT2D eigenvalue weighted by Crippen LogP contribution is 2.09. The van der Waals surface area contributed by atoms with Crippen molar-refractivity contribution in [2.24, 2.45) is 0 Å². The molecule has 0 radical (unpaired) electrons. The normalized spacial score (nSPS) is 9.94. The van der Waals surface area contributed by atoms with Crippen molar-refractivity contribution in [3.05, 3.63) is 47.0 Å². The monoisotopic (exact) mass is 247 g/mol. The Bertz CT molecular complexity index is 496. The van der Waals surface area contributed by atoms with Gasteiger partial charge in [0.05, 0.1) is 0 Å². The van der Waals surface area contributed by atoms with E-state index in [0.717, 1.165) is 5.56 Å². The van der Waals surface area contributed by atoms with Crippen molar-refractivity contribution in [2.75, 3.05) is 5.32 Å². The Labute approximate surface area is 104 Å². The maximum absolute atomic E-state index is 11.5. The number of carbonyl (C=O) groups is 1. The highest BCUT2D eigenvalue weighted by atomic mass is 32.1. The summed E-state index contributed by atoms with van der Waals surface area (Å²) in [5.74, 6) is 0. The second kappa shape index (κ2) is 5.45. The van der Waals surface area contributed by atoms with Crippen LogP contribution < -0.4 is 10.6 Å².